The van der Waals surface area contributed by atoms with Gasteiger partial charge in [-0.1, -0.05) is 49.6 Å². The third kappa shape index (κ3) is 5.01. The molecule has 1 saturated carbocycles. The number of carbonyl (C=O) groups is 1. The second-order valence-corrected chi connectivity index (χ2v) is 6.75. The molecule has 2 rings (SSSR count). The van der Waals surface area contributed by atoms with E-state index < -0.39 is 0 Å². The largest absolute Gasteiger partial charge is 0.348 e. The number of benzene rings is 1. The number of hydrogen-bond donors (Lipinski definition) is 2. The zero-order valence-corrected chi connectivity index (χ0v) is 13.7. The quantitative estimate of drug-likeness (QED) is 0.857. The van der Waals surface area contributed by atoms with Gasteiger partial charge in [0.15, 0.2) is 6.54 Å². The van der Waals surface area contributed by atoms with Crippen molar-refractivity contribution in [1.29, 1.82) is 0 Å². The van der Waals surface area contributed by atoms with Gasteiger partial charge in [0.2, 0.25) is 0 Å². The van der Waals surface area contributed by atoms with Crippen LogP contribution in [-0.2, 0) is 11.3 Å². The van der Waals surface area contributed by atoms with Crippen LogP contribution in [0.2, 0.25) is 5.02 Å². The Kier molecular flexibility index (Phi) is 6.07. The monoisotopic (exact) mass is 309 g/mol. The first-order chi connectivity index (χ1) is 10.1. The van der Waals surface area contributed by atoms with Crippen LogP contribution in [0.1, 0.15) is 38.2 Å². The lowest BCUT2D eigenvalue weighted by Gasteiger charge is -2.29. The first-order valence-corrected chi connectivity index (χ1v) is 8.28. The van der Waals surface area contributed by atoms with Crippen molar-refractivity contribution >= 4 is 17.5 Å². The van der Waals surface area contributed by atoms with E-state index in [1.807, 2.05) is 31.3 Å². The minimum Gasteiger partial charge on any atom is -0.348 e. The first kappa shape index (κ1) is 16.3. The number of hydrogen-bond acceptors (Lipinski definition) is 1. The van der Waals surface area contributed by atoms with Crippen LogP contribution in [0.4, 0.5) is 0 Å². The molecule has 116 valence electrons. The van der Waals surface area contributed by atoms with Gasteiger partial charge in [-0.15, -0.1) is 0 Å². The molecular formula is C17H26ClN2O+. The Morgan fingerprint density at radius 2 is 2.05 bits per heavy atom. The summed E-state index contributed by atoms with van der Waals surface area (Å²) in [5, 5.41) is 3.98. The van der Waals surface area contributed by atoms with Crippen molar-refractivity contribution in [2.45, 2.75) is 45.2 Å². The lowest BCUT2D eigenvalue weighted by Crippen LogP contribution is -3.09. The van der Waals surface area contributed by atoms with Crippen LogP contribution >= 0.6 is 11.6 Å². The smallest absolute Gasteiger partial charge is 0.275 e. The van der Waals surface area contributed by atoms with Crippen LogP contribution in [0.15, 0.2) is 24.3 Å². The molecule has 0 spiro atoms. The van der Waals surface area contributed by atoms with Gasteiger partial charge in [-0.25, -0.2) is 0 Å². The Morgan fingerprint density at radius 1 is 1.33 bits per heavy atom. The Bertz CT molecular complexity index is 478. The summed E-state index contributed by atoms with van der Waals surface area (Å²) in [6.45, 7) is 3.51. The predicted molar refractivity (Wildman–Crippen MR) is 86.5 cm³/mol. The molecule has 0 radical (unpaired) electrons. The predicted octanol–water partition coefficient (Wildman–Crippen LogP) is 2.05. The molecule has 1 fully saturated rings. The van der Waals surface area contributed by atoms with Crippen LogP contribution in [-0.4, -0.2) is 25.5 Å². The first-order valence-electron chi connectivity index (χ1n) is 7.90. The van der Waals surface area contributed by atoms with E-state index in [1.54, 1.807) is 0 Å². The van der Waals surface area contributed by atoms with Crippen molar-refractivity contribution in [1.82, 2.24) is 5.32 Å². The second-order valence-electron chi connectivity index (χ2n) is 6.34. The number of rotatable bonds is 5. The van der Waals surface area contributed by atoms with E-state index in [0.717, 1.165) is 28.5 Å². The van der Waals surface area contributed by atoms with Gasteiger partial charge in [0.1, 0.15) is 6.54 Å². The maximum absolute atomic E-state index is 12.2. The van der Waals surface area contributed by atoms with Gasteiger partial charge in [0, 0.05) is 16.6 Å². The molecule has 2 N–H and O–H groups in total. The number of carbonyl (C=O) groups excluding carboxylic acids is 1. The summed E-state index contributed by atoms with van der Waals surface area (Å²) in [6, 6.07) is 8.19. The lowest BCUT2D eigenvalue weighted by atomic mass is 9.86. The second kappa shape index (κ2) is 7.81. The molecule has 1 aliphatic carbocycles. The maximum Gasteiger partial charge on any atom is 0.275 e. The number of quaternary nitrogens is 1. The fourth-order valence-corrected chi connectivity index (χ4v) is 3.29. The van der Waals surface area contributed by atoms with Gasteiger partial charge in [0.05, 0.1) is 7.05 Å². The molecule has 0 heterocycles. The molecule has 1 aromatic carbocycles. The van der Waals surface area contributed by atoms with Gasteiger partial charge in [-0.3, -0.25) is 4.79 Å². The van der Waals surface area contributed by atoms with Crippen molar-refractivity contribution in [3.8, 4) is 0 Å². The van der Waals surface area contributed by atoms with Gasteiger partial charge >= 0.3 is 0 Å². The van der Waals surface area contributed by atoms with Gasteiger partial charge in [-0.05, 0) is 24.8 Å². The van der Waals surface area contributed by atoms with Gasteiger partial charge in [-0.2, -0.15) is 0 Å². The maximum atomic E-state index is 12.2. The topological polar surface area (TPSA) is 33.5 Å². The van der Waals surface area contributed by atoms with Crippen molar-refractivity contribution in [2.75, 3.05) is 13.6 Å². The molecule has 4 heteroatoms. The highest BCUT2D eigenvalue weighted by molar-refractivity contribution is 6.31. The van der Waals surface area contributed by atoms with Crippen LogP contribution in [0.5, 0.6) is 0 Å². The highest BCUT2D eigenvalue weighted by Crippen LogP contribution is 2.23. The average Bonchev–Trinajstić information content (AvgIpc) is 2.44. The molecule has 3 atom stereocenters. The lowest BCUT2D eigenvalue weighted by molar-refractivity contribution is -0.885. The minimum atomic E-state index is 0.151. The average molecular weight is 310 g/mol. The molecule has 21 heavy (non-hydrogen) atoms. The molecule has 0 bridgehead atoms. The Hall–Kier alpha value is -1.06. The summed E-state index contributed by atoms with van der Waals surface area (Å²) in [4.78, 5) is 13.3. The molecule has 0 saturated heterocycles. The summed E-state index contributed by atoms with van der Waals surface area (Å²) < 4.78 is 0. The normalized spacial score (nSPS) is 23.6. The summed E-state index contributed by atoms with van der Waals surface area (Å²) in [5.41, 5.74) is 1.09. The Labute approximate surface area is 132 Å². The van der Waals surface area contributed by atoms with E-state index >= 15 is 0 Å². The number of amides is 1. The van der Waals surface area contributed by atoms with Crippen LogP contribution in [0.25, 0.3) is 0 Å². The van der Waals surface area contributed by atoms with E-state index in [-0.39, 0.29) is 5.91 Å². The highest BCUT2D eigenvalue weighted by Gasteiger charge is 2.23. The van der Waals surface area contributed by atoms with Crippen molar-refractivity contribution in [3.05, 3.63) is 34.9 Å². The SMILES string of the molecule is C[C@@H]1CCCC[C@H]1NC(=O)C[NH+](C)Cc1ccccc1Cl. The molecule has 1 aromatic rings. The van der Waals surface area contributed by atoms with Crippen molar-refractivity contribution in [3.63, 3.8) is 0 Å². The molecular weight excluding hydrogens is 284 g/mol. The van der Waals surface area contributed by atoms with Gasteiger partial charge in [0.25, 0.3) is 5.91 Å². The minimum absolute atomic E-state index is 0.151. The third-order valence-electron chi connectivity index (χ3n) is 4.37. The van der Waals surface area contributed by atoms with Crippen LogP contribution < -0.4 is 10.2 Å². The summed E-state index contributed by atoms with van der Waals surface area (Å²) in [7, 11) is 2.03. The van der Waals surface area contributed by atoms with Crippen LogP contribution in [0.3, 0.4) is 0 Å². The van der Waals surface area contributed by atoms with E-state index in [0.29, 0.717) is 18.5 Å². The van der Waals surface area contributed by atoms with E-state index in [9.17, 15) is 4.79 Å². The van der Waals surface area contributed by atoms with Crippen molar-refractivity contribution < 1.29 is 9.69 Å². The van der Waals surface area contributed by atoms with Crippen LogP contribution in [0, 0.1) is 5.92 Å². The fourth-order valence-electron chi connectivity index (χ4n) is 3.09. The summed E-state index contributed by atoms with van der Waals surface area (Å²) in [6.07, 6.45) is 4.88. The molecule has 1 unspecified atom stereocenters. The zero-order valence-electron chi connectivity index (χ0n) is 13.0. The highest BCUT2D eigenvalue weighted by atomic mass is 35.5. The van der Waals surface area contributed by atoms with E-state index in [4.69, 9.17) is 11.6 Å². The zero-order chi connectivity index (χ0) is 15.2. The molecule has 0 aromatic heterocycles. The van der Waals surface area contributed by atoms with Gasteiger partial charge < -0.3 is 10.2 Å². The Balaban J connectivity index is 1.80. The van der Waals surface area contributed by atoms with Crippen molar-refractivity contribution in [2.24, 2.45) is 5.92 Å². The van der Waals surface area contributed by atoms with E-state index in [2.05, 4.69) is 12.2 Å². The number of halogens is 1. The molecule has 0 aliphatic heterocycles. The third-order valence-corrected chi connectivity index (χ3v) is 4.74. The number of likely N-dealkylation sites (N-methyl/N-ethyl adjacent to an activating group) is 1. The molecule has 1 aliphatic rings. The molecule has 3 nitrogen and oxygen atoms in total. The number of nitrogens with one attached hydrogen (secondary N) is 2. The summed E-state index contributed by atoms with van der Waals surface area (Å²) in [5.74, 6) is 0.755. The Morgan fingerprint density at radius 3 is 2.76 bits per heavy atom. The standard InChI is InChI=1S/C17H25ClN2O/c1-13-7-3-6-10-16(13)19-17(21)12-20(2)11-14-8-4-5-9-15(14)18/h4-5,8-9,13,16H,3,6-7,10-12H2,1-2H3,(H,19,21)/p+1/t13-,16-/m1/s1. The van der Waals surface area contributed by atoms with E-state index in [1.165, 1.54) is 19.3 Å². The summed E-state index contributed by atoms with van der Waals surface area (Å²) >= 11 is 6.17. The molecule has 1 amide bonds. The fraction of sp³-hybridized carbons (Fsp3) is 0.588.